The van der Waals surface area contributed by atoms with Crippen molar-refractivity contribution >= 4 is 11.8 Å². The van der Waals surface area contributed by atoms with Gasteiger partial charge in [-0.3, -0.25) is 0 Å². The number of hydrogen-bond acceptors (Lipinski definition) is 4. The van der Waals surface area contributed by atoms with Gasteiger partial charge in [-0.05, 0) is 73.5 Å². The van der Waals surface area contributed by atoms with Gasteiger partial charge in [-0.25, -0.2) is 9.98 Å². The molecule has 0 radical (unpaired) electrons. The van der Waals surface area contributed by atoms with Crippen molar-refractivity contribution in [1.29, 1.82) is 0 Å². The minimum Gasteiger partial charge on any atom is -0.478 e. The third-order valence-corrected chi connectivity index (χ3v) is 6.01. The molecule has 3 rings (SSSR count). The van der Waals surface area contributed by atoms with Gasteiger partial charge >= 0.3 is 0 Å². The molecule has 0 saturated heterocycles. The molecule has 0 fully saturated rings. The largest absolute Gasteiger partial charge is 0.478 e. The maximum absolute atomic E-state index is 6.14. The molecule has 3 aliphatic rings. The fourth-order valence-corrected chi connectivity index (χ4v) is 4.25. The van der Waals surface area contributed by atoms with E-state index in [4.69, 9.17) is 19.5 Å². The molecule has 0 saturated carbocycles. The van der Waals surface area contributed by atoms with Crippen LogP contribution in [-0.4, -0.2) is 36.1 Å². The molecule has 2 heterocycles. The van der Waals surface area contributed by atoms with Crippen molar-refractivity contribution in [3.05, 3.63) is 22.3 Å². The van der Waals surface area contributed by atoms with E-state index in [1.165, 1.54) is 22.3 Å². The summed E-state index contributed by atoms with van der Waals surface area (Å²) in [6.45, 7) is 20.7. The third-order valence-electron chi connectivity index (χ3n) is 6.01. The normalized spacial score (nSPS) is 26.0. The van der Waals surface area contributed by atoms with E-state index < -0.39 is 5.41 Å². The highest BCUT2D eigenvalue weighted by Gasteiger charge is 2.54. The highest BCUT2D eigenvalue weighted by Crippen LogP contribution is 2.50. The fourth-order valence-electron chi connectivity index (χ4n) is 4.25. The van der Waals surface area contributed by atoms with Crippen LogP contribution in [0.4, 0.5) is 0 Å². The molecule has 0 aromatic heterocycles. The maximum atomic E-state index is 6.14. The Bertz CT molecular complexity index is 677. The molecule has 0 aromatic carbocycles. The summed E-state index contributed by atoms with van der Waals surface area (Å²) in [5.74, 6) is 1.70. The Morgan fingerprint density at radius 2 is 1.16 bits per heavy atom. The Morgan fingerprint density at radius 1 is 0.800 bits per heavy atom. The minimum atomic E-state index is -0.505. The van der Waals surface area contributed by atoms with Gasteiger partial charge in [-0.2, -0.15) is 0 Å². The van der Waals surface area contributed by atoms with Crippen LogP contribution in [0.2, 0.25) is 0 Å². The van der Waals surface area contributed by atoms with Crippen LogP contribution >= 0.6 is 0 Å². The maximum Gasteiger partial charge on any atom is 0.200 e. The quantitative estimate of drug-likeness (QED) is 0.744. The molecule has 138 valence electrons. The first kappa shape index (κ1) is 18.2. The van der Waals surface area contributed by atoms with E-state index in [1.54, 1.807) is 0 Å². The summed E-state index contributed by atoms with van der Waals surface area (Å²) in [7, 11) is 0. The van der Waals surface area contributed by atoms with Crippen molar-refractivity contribution in [2.45, 2.75) is 73.4 Å². The van der Waals surface area contributed by atoms with Gasteiger partial charge in [0.2, 0.25) is 11.8 Å². The van der Waals surface area contributed by atoms with Crippen LogP contribution in [0.3, 0.4) is 0 Å². The summed E-state index contributed by atoms with van der Waals surface area (Å²) in [6, 6.07) is 0. The van der Waals surface area contributed by atoms with Crippen LogP contribution in [0.5, 0.6) is 0 Å². The molecule has 0 bridgehead atoms. The number of nitrogens with zero attached hydrogens (tertiary/aromatic N) is 2. The van der Waals surface area contributed by atoms with Gasteiger partial charge in [0, 0.05) is 5.92 Å². The Hall–Kier alpha value is -1.58. The van der Waals surface area contributed by atoms with Gasteiger partial charge in [0.05, 0.1) is 11.1 Å². The molecule has 2 aliphatic heterocycles. The van der Waals surface area contributed by atoms with E-state index in [1.807, 2.05) is 0 Å². The average Bonchev–Trinajstić information content (AvgIpc) is 3.12. The summed E-state index contributed by atoms with van der Waals surface area (Å²) in [5, 5.41) is 0. The standard InChI is InChI=1S/C21H32N2O2/c1-12-13(2)15(4)16(14(12)3)21(9,17-22-19(5,6)10-24-17)18-23-20(7,8)11-25-18/h16H,10-11H2,1-9H3. The topological polar surface area (TPSA) is 43.2 Å². The Balaban J connectivity index is 2.19. The summed E-state index contributed by atoms with van der Waals surface area (Å²) >= 11 is 0. The zero-order valence-electron chi connectivity index (χ0n) is 17.2. The van der Waals surface area contributed by atoms with Crippen LogP contribution in [-0.2, 0) is 9.47 Å². The zero-order valence-corrected chi connectivity index (χ0v) is 17.2. The number of rotatable bonds is 3. The average molecular weight is 344 g/mol. The van der Waals surface area contributed by atoms with Crippen LogP contribution in [0, 0.1) is 11.3 Å². The molecule has 4 heteroatoms. The molecular weight excluding hydrogens is 312 g/mol. The first-order chi connectivity index (χ1) is 11.4. The lowest BCUT2D eigenvalue weighted by Crippen LogP contribution is -2.44. The second-order valence-electron chi connectivity index (χ2n) is 9.29. The van der Waals surface area contributed by atoms with Gasteiger partial charge in [0.15, 0.2) is 0 Å². The molecule has 25 heavy (non-hydrogen) atoms. The van der Waals surface area contributed by atoms with E-state index in [0.29, 0.717) is 13.2 Å². The third kappa shape index (κ3) is 2.74. The molecule has 0 atom stereocenters. The van der Waals surface area contributed by atoms with Crippen molar-refractivity contribution in [2.75, 3.05) is 13.2 Å². The van der Waals surface area contributed by atoms with Crippen molar-refractivity contribution in [2.24, 2.45) is 21.3 Å². The lowest BCUT2D eigenvalue weighted by molar-refractivity contribution is 0.222. The van der Waals surface area contributed by atoms with Crippen LogP contribution < -0.4 is 0 Å². The Labute approximate surface area is 152 Å². The highest BCUT2D eigenvalue weighted by molar-refractivity contribution is 6.07. The van der Waals surface area contributed by atoms with Gasteiger partial charge in [-0.15, -0.1) is 0 Å². The zero-order chi connectivity index (χ0) is 18.8. The van der Waals surface area contributed by atoms with Gasteiger partial charge < -0.3 is 9.47 Å². The lowest BCUT2D eigenvalue weighted by Gasteiger charge is -2.36. The van der Waals surface area contributed by atoms with E-state index in [-0.39, 0.29) is 17.0 Å². The van der Waals surface area contributed by atoms with Crippen molar-refractivity contribution in [1.82, 2.24) is 0 Å². The molecule has 0 spiro atoms. The molecule has 0 N–H and O–H groups in total. The Morgan fingerprint density at radius 3 is 1.44 bits per heavy atom. The molecule has 0 unspecified atom stereocenters. The monoisotopic (exact) mass is 344 g/mol. The summed E-state index contributed by atoms with van der Waals surface area (Å²) in [5.41, 5.74) is 4.55. The van der Waals surface area contributed by atoms with E-state index in [9.17, 15) is 0 Å². The van der Waals surface area contributed by atoms with Crippen molar-refractivity contribution < 1.29 is 9.47 Å². The number of allylic oxidation sites excluding steroid dienone is 4. The van der Waals surface area contributed by atoms with Gasteiger partial charge in [0.25, 0.3) is 0 Å². The fraction of sp³-hybridized carbons (Fsp3) is 0.714. The Kier molecular flexibility index (Phi) is 3.98. The first-order valence-corrected chi connectivity index (χ1v) is 9.20. The van der Waals surface area contributed by atoms with E-state index in [2.05, 4.69) is 62.3 Å². The lowest BCUT2D eigenvalue weighted by atomic mass is 9.70. The summed E-state index contributed by atoms with van der Waals surface area (Å²) in [6.07, 6.45) is 0. The molecule has 4 nitrogen and oxygen atoms in total. The number of aliphatic imine (C=N–C) groups is 2. The summed E-state index contributed by atoms with van der Waals surface area (Å²) < 4.78 is 12.3. The number of ether oxygens (including phenoxy) is 2. The van der Waals surface area contributed by atoms with E-state index in [0.717, 1.165) is 11.8 Å². The predicted molar refractivity (Wildman–Crippen MR) is 103 cm³/mol. The minimum absolute atomic E-state index is 0.174. The summed E-state index contributed by atoms with van der Waals surface area (Å²) in [4.78, 5) is 9.87. The number of hydrogen-bond donors (Lipinski definition) is 0. The van der Waals surface area contributed by atoms with Crippen molar-refractivity contribution in [3.63, 3.8) is 0 Å². The van der Waals surface area contributed by atoms with E-state index >= 15 is 0 Å². The SMILES string of the molecule is CC1=C(C)C(C(C)(C2=NC(C)(C)CO2)C2=NC(C)(C)CO2)C(C)=C1C. The van der Waals surface area contributed by atoms with Gasteiger partial charge in [-0.1, -0.05) is 11.1 Å². The second-order valence-corrected chi connectivity index (χ2v) is 9.29. The van der Waals surface area contributed by atoms with Gasteiger partial charge in [0.1, 0.15) is 18.6 Å². The molecule has 1 aliphatic carbocycles. The van der Waals surface area contributed by atoms with Crippen LogP contribution in [0.15, 0.2) is 32.3 Å². The van der Waals surface area contributed by atoms with Crippen LogP contribution in [0.1, 0.15) is 62.3 Å². The molecular formula is C21H32N2O2. The smallest absolute Gasteiger partial charge is 0.200 e. The first-order valence-electron chi connectivity index (χ1n) is 9.20. The highest BCUT2D eigenvalue weighted by atomic mass is 16.5. The second kappa shape index (κ2) is 5.46. The van der Waals surface area contributed by atoms with Crippen LogP contribution in [0.25, 0.3) is 0 Å². The van der Waals surface area contributed by atoms with Crippen molar-refractivity contribution in [3.8, 4) is 0 Å². The molecule has 0 aromatic rings. The predicted octanol–water partition coefficient (Wildman–Crippen LogP) is 4.71. The molecule has 0 amide bonds.